The number of hydrogen-bond acceptors (Lipinski definition) is 8. The summed E-state index contributed by atoms with van der Waals surface area (Å²) < 4.78 is 20.4. The summed E-state index contributed by atoms with van der Waals surface area (Å²) in [5, 5.41) is 17.1. The molecule has 1 aliphatic rings. The van der Waals surface area contributed by atoms with Crippen molar-refractivity contribution in [3.05, 3.63) is 0 Å². The molecule has 1 heterocycles. The van der Waals surface area contributed by atoms with Crippen LogP contribution in [0, 0.1) is 0 Å². The van der Waals surface area contributed by atoms with E-state index in [2.05, 4.69) is 4.74 Å². The van der Waals surface area contributed by atoms with Crippen LogP contribution in [0.2, 0.25) is 0 Å². The van der Waals surface area contributed by atoms with Crippen molar-refractivity contribution in [3.63, 3.8) is 0 Å². The van der Waals surface area contributed by atoms with Gasteiger partial charge in [0.25, 0.3) is 0 Å². The monoisotopic (exact) mass is 364 g/mol. The Bertz CT molecular complexity index is 383. The van der Waals surface area contributed by atoms with Gasteiger partial charge in [-0.3, -0.25) is 9.59 Å². The predicted octanol–water partition coefficient (Wildman–Crippen LogP) is 1.16. The van der Waals surface area contributed by atoms with Crippen LogP contribution >= 0.6 is 0 Å². The molecule has 8 heteroatoms. The standard InChI is InChI=1S/C10H18O4.C7H14O4/c1-4-5-9(11)12-6-8-7-13-10(2,3)14-8;1-2-3-7(10)11-5-6(9)4-8/h8H,4-7H2,1-3H3;6,8-9H,2-5H2,1H3. The Kier molecular flexibility index (Phi) is 12.4. The van der Waals surface area contributed by atoms with Crippen molar-refractivity contribution < 1.29 is 38.7 Å². The van der Waals surface area contributed by atoms with Gasteiger partial charge in [0.15, 0.2) is 5.79 Å². The van der Waals surface area contributed by atoms with E-state index in [1.54, 1.807) is 0 Å². The Hall–Kier alpha value is -1.22. The summed E-state index contributed by atoms with van der Waals surface area (Å²) in [5.74, 6) is -1.04. The molecular weight excluding hydrogens is 332 g/mol. The zero-order valence-electron chi connectivity index (χ0n) is 15.7. The molecule has 1 saturated heterocycles. The minimum absolute atomic E-state index is 0.116. The van der Waals surface area contributed by atoms with Crippen LogP contribution < -0.4 is 0 Å². The van der Waals surface area contributed by atoms with Gasteiger partial charge in [-0.25, -0.2) is 0 Å². The Labute approximate surface area is 149 Å². The van der Waals surface area contributed by atoms with Crippen LogP contribution in [0.25, 0.3) is 0 Å². The highest BCUT2D eigenvalue weighted by Gasteiger charge is 2.33. The smallest absolute Gasteiger partial charge is 0.305 e. The van der Waals surface area contributed by atoms with Crippen molar-refractivity contribution in [2.45, 2.75) is 71.4 Å². The highest BCUT2D eigenvalue weighted by Crippen LogP contribution is 2.22. The fourth-order valence-corrected chi connectivity index (χ4v) is 1.83. The normalized spacial score (nSPS) is 19.5. The van der Waals surface area contributed by atoms with Gasteiger partial charge in [-0.15, -0.1) is 0 Å². The molecule has 2 N–H and O–H groups in total. The number of rotatable bonds is 9. The summed E-state index contributed by atoms with van der Waals surface area (Å²) in [5.41, 5.74) is 0. The number of carbonyl (C=O) groups excluding carboxylic acids is 2. The fraction of sp³-hybridized carbons (Fsp3) is 0.882. The maximum Gasteiger partial charge on any atom is 0.305 e. The molecule has 0 aromatic rings. The summed E-state index contributed by atoms with van der Waals surface area (Å²) in [4.78, 5) is 21.7. The number of aliphatic hydroxyl groups excluding tert-OH is 2. The molecule has 1 aliphatic heterocycles. The number of ether oxygens (including phenoxy) is 4. The highest BCUT2D eigenvalue weighted by molar-refractivity contribution is 5.69. The molecule has 0 spiro atoms. The summed E-state index contributed by atoms with van der Waals surface area (Å²) in [6.07, 6.45) is 1.30. The summed E-state index contributed by atoms with van der Waals surface area (Å²) >= 11 is 0. The van der Waals surface area contributed by atoms with Crippen molar-refractivity contribution in [1.29, 1.82) is 0 Å². The van der Waals surface area contributed by atoms with Crippen LogP contribution in [0.15, 0.2) is 0 Å². The molecule has 0 saturated carbocycles. The average Bonchev–Trinajstić information content (AvgIpc) is 2.91. The van der Waals surface area contributed by atoms with Gasteiger partial charge in [0, 0.05) is 12.8 Å². The lowest BCUT2D eigenvalue weighted by Crippen LogP contribution is -2.25. The Morgan fingerprint density at radius 2 is 1.72 bits per heavy atom. The zero-order chi connectivity index (χ0) is 19.3. The largest absolute Gasteiger partial charge is 0.463 e. The molecule has 0 bridgehead atoms. The minimum atomic E-state index is -0.948. The van der Waals surface area contributed by atoms with Gasteiger partial charge < -0.3 is 29.2 Å². The van der Waals surface area contributed by atoms with Gasteiger partial charge in [-0.2, -0.15) is 0 Å². The van der Waals surface area contributed by atoms with Crippen LogP contribution in [-0.4, -0.2) is 66.6 Å². The van der Waals surface area contributed by atoms with Crippen LogP contribution in [0.4, 0.5) is 0 Å². The quantitative estimate of drug-likeness (QED) is 0.586. The first-order valence-corrected chi connectivity index (χ1v) is 8.66. The third-order valence-electron chi connectivity index (χ3n) is 3.05. The van der Waals surface area contributed by atoms with E-state index in [-0.39, 0.29) is 31.3 Å². The molecule has 148 valence electrons. The van der Waals surface area contributed by atoms with E-state index >= 15 is 0 Å². The van der Waals surface area contributed by atoms with E-state index in [1.807, 2.05) is 27.7 Å². The van der Waals surface area contributed by atoms with Gasteiger partial charge in [0.2, 0.25) is 0 Å². The van der Waals surface area contributed by atoms with E-state index in [9.17, 15) is 9.59 Å². The Balaban J connectivity index is 0.000000477. The molecular formula is C17H32O8. The zero-order valence-corrected chi connectivity index (χ0v) is 15.7. The van der Waals surface area contributed by atoms with E-state index < -0.39 is 11.9 Å². The lowest BCUT2D eigenvalue weighted by Gasteiger charge is -2.16. The molecule has 0 radical (unpaired) electrons. The van der Waals surface area contributed by atoms with E-state index in [0.29, 0.717) is 26.1 Å². The molecule has 0 aliphatic carbocycles. The number of aliphatic hydroxyl groups is 2. The van der Waals surface area contributed by atoms with Crippen LogP contribution in [0.1, 0.15) is 53.4 Å². The summed E-state index contributed by atoms with van der Waals surface area (Å²) in [6.45, 7) is 7.80. The molecule has 25 heavy (non-hydrogen) atoms. The van der Waals surface area contributed by atoms with Gasteiger partial charge in [0.05, 0.1) is 13.2 Å². The molecule has 2 unspecified atom stereocenters. The summed E-state index contributed by atoms with van der Waals surface area (Å²) in [6, 6.07) is 0. The van der Waals surface area contributed by atoms with Crippen molar-refractivity contribution in [1.82, 2.24) is 0 Å². The molecule has 8 nitrogen and oxygen atoms in total. The second-order valence-electron chi connectivity index (χ2n) is 6.15. The van der Waals surface area contributed by atoms with Crippen molar-refractivity contribution in [2.24, 2.45) is 0 Å². The molecule has 0 aromatic carbocycles. The van der Waals surface area contributed by atoms with Crippen molar-refractivity contribution in [2.75, 3.05) is 26.4 Å². The van der Waals surface area contributed by atoms with Crippen LogP contribution in [0.3, 0.4) is 0 Å². The minimum Gasteiger partial charge on any atom is -0.463 e. The Morgan fingerprint density at radius 1 is 1.16 bits per heavy atom. The highest BCUT2D eigenvalue weighted by atomic mass is 16.7. The van der Waals surface area contributed by atoms with Gasteiger partial charge >= 0.3 is 11.9 Å². The van der Waals surface area contributed by atoms with Crippen LogP contribution in [0.5, 0.6) is 0 Å². The van der Waals surface area contributed by atoms with Gasteiger partial charge in [-0.05, 0) is 26.7 Å². The second-order valence-corrected chi connectivity index (χ2v) is 6.15. The Morgan fingerprint density at radius 3 is 2.16 bits per heavy atom. The third-order valence-corrected chi connectivity index (χ3v) is 3.05. The van der Waals surface area contributed by atoms with E-state index in [0.717, 1.165) is 12.8 Å². The first-order chi connectivity index (χ1) is 11.7. The number of esters is 2. The van der Waals surface area contributed by atoms with Gasteiger partial charge in [0.1, 0.15) is 25.4 Å². The first kappa shape index (κ1) is 23.8. The SMILES string of the molecule is CCCC(=O)OCC(O)CO.CCCC(=O)OCC1COC(C)(C)O1. The molecule has 0 amide bonds. The molecule has 1 rings (SSSR count). The topological polar surface area (TPSA) is 112 Å². The fourth-order valence-electron chi connectivity index (χ4n) is 1.83. The summed E-state index contributed by atoms with van der Waals surface area (Å²) in [7, 11) is 0. The number of carbonyl (C=O) groups is 2. The van der Waals surface area contributed by atoms with Gasteiger partial charge in [-0.1, -0.05) is 13.8 Å². The van der Waals surface area contributed by atoms with Crippen molar-refractivity contribution >= 4 is 11.9 Å². The van der Waals surface area contributed by atoms with E-state index in [4.69, 9.17) is 24.4 Å². The van der Waals surface area contributed by atoms with Crippen LogP contribution in [-0.2, 0) is 28.5 Å². The molecule has 2 atom stereocenters. The molecule has 0 aromatic heterocycles. The first-order valence-electron chi connectivity index (χ1n) is 8.66. The maximum absolute atomic E-state index is 11.0. The maximum atomic E-state index is 11.0. The molecule has 1 fully saturated rings. The average molecular weight is 364 g/mol. The van der Waals surface area contributed by atoms with Crippen molar-refractivity contribution in [3.8, 4) is 0 Å². The second kappa shape index (κ2) is 13.0. The third kappa shape index (κ3) is 12.7. The lowest BCUT2D eigenvalue weighted by atomic mass is 10.3. The predicted molar refractivity (Wildman–Crippen MR) is 89.7 cm³/mol. The van der Waals surface area contributed by atoms with E-state index in [1.165, 1.54) is 0 Å². The lowest BCUT2D eigenvalue weighted by molar-refractivity contribution is -0.158. The number of hydrogen-bond donors (Lipinski definition) is 2.